The number of methoxy groups -OCH3 is 1. The monoisotopic (exact) mass is 381 g/mol. The Hall–Kier alpha value is -2.74. The zero-order chi connectivity index (χ0) is 18.4. The molecule has 0 spiro atoms. The summed E-state index contributed by atoms with van der Waals surface area (Å²) in [5, 5.41) is 5.56. The maximum atomic E-state index is 12.4. The van der Waals surface area contributed by atoms with Crippen molar-refractivity contribution in [1.82, 2.24) is 19.1 Å². The molecule has 1 aromatic carbocycles. The van der Waals surface area contributed by atoms with Gasteiger partial charge < -0.3 is 9.64 Å². The molecule has 0 bridgehead atoms. The first kappa shape index (κ1) is 16.4. The third-order valence-electron chi connectivity index (χ3n) is 5.06. The van der Waals surface area contributed by atoms with E-state index in [2.05, 4.69) is 19.4 Å². The Balaban J connectivity index is 1.37. The molecule has 1 aliphatic heterocycles. The number of para-hydroxylation sites is 1. The van der Waals surface area contributed by atoms with Crippen LogP contribution >= 0.6 is 11.5 Å². The lowest BCUT2D eigenvalue weighted by molar-refractivity contribution is 0.354. The minimum Gasteiger partial charge on any atom is -0.496 e. The third kappa shape index (κ3) is 2.99. The zero-order valence-corrected chi connectivity index (χ0v) is 15.7. The summed E-state index contributed by atoms with van der Waals surface area (Å²) in [6, 6.07) is 11.1. The highest BCUT2D eigenvalue weighted by Crippen LogP contribution is 2.40. The van der Waals surface area contributed by atoms with Gasteiger partial charge in [0.1, 0.15) is 11.6 Å². The maximum absolute atomic E-state index is 12.4. The zero-order valence-electron chi connectivity index (χ0n) is 14.9. The van der Waals surface area contributed by atoms with Crippen LogP contribution in [-0.2, 0) is 0 Å². The van der Waals surface area contributed by atoms with E-state index in [0.29, 0.717) is 5.92 Å². The molecule has 1 aliphatic carbocycles. The van der Waals surface area contributed by atoms with Crippen molar-refractivity contribution in [3.63, 3.8) is 0 Å². The second-order valence-electron chi connectivity index (χ2n) is 6.97. The molecule has 7 nitrogen and oxygen atoms in total. The molecule has 0 unspecified atom stereocenters. The summed E-state index contributed by atoms with van der Waals surface area (Å²) in [6.07, 6.45) is 2.40. The van der Waals surface area contributed by atoms with Crippen molar-refractivity contribution in [2.45, 2.75) is 24.8 Å². The molecule has 0 atom stereocenters. The molecule has 2 aromatic heterocycles. The van der Waals surface area contributed by atoms with E-state index >= 15 is 0 Å². The number of hydrogen-bond donors (Lipinski definition) is 0. The summed E-state index contributed by atoms with van der Waals surface area (Å²) >= 11 is 1.45. The second-order valence-corrected chi connectivity index (χ2v) is 7.70. The van der Waals surface area contributed by atoms with Gasteiger partial charge in [-0.2, -0.15) is 9.47 Å². The van der Waals surface area contributed by atoms with Crippen LogP contribution in [0.2, 0.25) is 0 Å². The average molecular weight is 381 g/mol. The normalized spacial score (nSPS) is 17.0. The van der Waals surface area contributed by atoms with Gasteiger partial charge in [0.15, 0.2) is 0 Å². The fraction of sp³-hybridized carbons (Fsp3) is 0.368. The van der Waals surface area contributed by atoms with Gasteiger partial charge in [-0.25, -0.2) is 9.67 Å². The Morgan fingerprint density at radius 2 is 1.96 bits per heavy atom. The Morgan fingerprint density at radius 1 is 1.15 bits per heavy atom. The van der Waals surface area contributed by atoms with Gasteiger partial charge in [-0.05, 0) is 31.0 Å². The molecule has 0 N–H and O–H groups in total. The largest absolute Gasteiger partial charge is 0.496 e. The maximum Gasteiger partial charge on any atom is 0.267 e. The van der Waals surface area contributed by atoms with Crippen molar-refractivity contribution in [3.05, 3.63) is 52.6 Å². The van der Waals surface area contributed by atoms with Gasteiger partial charge >= 0.3 is 0 Å². The molecule has 2 aliphatic rings. The summed E-state index contributed by atoms with van der Waals surface area (Å²) in [6.45, 7) is 1.45. The molecule has 1 saturated heterocycles. The Kier molecular flexibility index (Phi) is 3.93. The quantitative estimate of drug-likeness (QED) is 0.677. The topological polar surface area (TPSA) is 73.1 Å². The first-order chi connectivity index (χ1) is 13.2. The highest BCUT2D eigenvalue weighted by Gasteiger charge is 2.34. The van der Waals surface area contributed by atoms with Crippen LogP contribution in [0.3, 0.4) is 0 Å². The van der Waals surface area contributed by atoms with Crippen LogP contribution in [0, 0.1) is 0 Å². The van der Waals surface area contributed by atoms with E-state index in [1.165, 1.54) is 24.4 Å². The van der Waals surface area contributed by atoms with Gasteiger partial charge in [0.2, 0.25) is 5.13 Å². The molecule has 27 heavy (non-hydrogen) atoms. The lowest BCUT2D eigenvalue weighted by Gasteiger charge is -2.38. The third-order valence-corrected chi connectivity index (χ3v) is 5.85. The summed E-state index contributed by atoms with van der Waals surface area (Å²) in [4.78, 5) is 19.2. The van der Waals surface area contributed by atoms with Crippen molar-refractivity contribution in [2.75, 3.05) is 25.1 Å². The van der Waals surface area contributed by atoms with E-state index in [-0.39, 0.29) is 11.6 Å². The molecule has 0 radical (unpaired) electrons. The van der Waals surface area contributed by atoms with Crippen molar-refractivity contribution < 1.29 is 4.74 Å². The number of ether oxygens (including phenoxy) is 1. The highest BCUT2D eigenvalue weighted by atomic mass is 32.1. The van der Waals surface area contributed by atoms with E-state index in [9.17, 15) is 4.79 Å². The van der Waals surface area contributed by atoms with Crippen molar-refractivity contribution >= 4 is 16.7 Å². The SMILES string of the molecule is COc1ccccc1-c1ccc(=O)n(C2CN(c3nc(C4CC4)ns3)C2)n1. The van der Waals surface area contributed by atoms with E-state index < -0.39 is 0 Å². The predicted octanol–water partition coefficient (Wildman–Crippen LogP) is 2.71. The van der Waals surface area contributed by atoms with Crippen LogP contribution in [0.5, 0.6) is 5.75 Å². The molecule has 0 amide bonds. The predicted molar refractivity (Wildman–Crippen MR) is 104 cm³/mol. The fourth-order valence-electron chi connectivity index (χ4n) is 3.32. The van der Waals surface area contributed by atoms with Crippen molar-refractivity contribution in [1.29, 1.82) is 0 Å². The summed E-state index contributed by atoms with van der Waals surface area (Å²) in [5.41, 5.74) is 1.52. The smallest absolute Gasteiger partial charge is 0.267 e. The number of anilines is 1. The number of nitrogens with zero attached hydrogens (tertiary/aromatic N) is 5. The van der Waals surface area contributed by atoms with E-state index in [0.717, 1.165) is 41.1 Å². The fourth-order valence-corrected chi connectivity index (χ4v) is 4.08. The average Bonchev–Trinajstić information content (AvgIpc) is 3.40. The van der Waals surface area contributed by atoms with Gasteiger partial charge in [0.25, 0.3) is 5.56 Å². The number of hydrogen-bond acceptors (Lipinski definition) is 7. The Morgan fingerprint density at radius 3 is 2.74 bits per heavy atom. The van der Waals surface area contributed by atoms with Gasteiger partial charge in [0.05, 0.1) is 18.8 Å². The standard InChI is InChI=1S/C19H19N5O2S/c1-26-16-5-3-2-4-14(16)15-8-9-17(25)24(21-15)13-10-23(11-13)19-20-18(22-27-19)12-6-7-12/h2-5,8-9,12-13H,6-7,10-11H2,1H3. The molecular weight excluding hydrogens is 362 g/mol. The Labute approximate surface area is 160 Å². The van der Waals surface area contributed by atoms with E-state index in [4.69, 9.17) is 4.74 Å². The summed E-state index contributed by atoms with van der Waals surface area (Å²) in [7, 11) is 1.64. The second kappa shape index (κ2) is 6.45. The molecule has 5 rings (SSSR count). The molecule has 1 saturated carbocycles. The minimum atomic E-state index is -0.0887. The van der Waals surface area contributed by atoms with Crippen LogP contribution < -0.4 is 15.2 Å². The van der Waals surface area contributed by atoms with Gasteiger partial charge in [-0.15, -0.1) is 0 Å². The first-order valence-corrected chi connectivity index (χ1v) is 9.82. The molecule has 138 valence electrons. The van der Waals surface area contributed by atoms with E-state index in [1.807, 2.05) is 24.3 Å². The summed E-state index contributed by atoms with van der Waals surface area (Å²) < 4.78 is 11.5. The lowest BCUT2D eigenvalue weighted by Crippen LogP contribution is -2.51. The molecule has 2 fully saturated rings. The number of benzene rings is 1. The van der Waals surface area contributed by atoms with Gasteiger partial charge in [-0.3, -0.25) is 4.79 Å². The molecular formula is C19H19N5O2S. The van der Waals surface area contributed by atoms with Crippen LogP contribution in [0.1, 0.15) is 30.6 Å². The van der Waals surface area contributed by atoms with Crippen LogP contribution in [0.4, 0.5) is 5.13 Å². The molecule has 8 heteroatoms. The molecule has 3 aromatic rings. The van der Waals surface area contributed by atoms with Gasteiger partial charge in [0, 0.05) is 42.2 Å². The minimum absolute atomic E-state index is 0.0421. The van der Waals surface area contributed by atoms with Crippen molar-refractivity contribution in [3.8, 4) is 17.0 Å². The lowest BCUT2D eigenvalue weighted by atomic mass is 10.1. The van der Waals surface area contributed by atoms with Crippen LogP contribution in [0.25, 0.3) is 11.3 Å². The van der Waals surface area contributed by atoms with Crippen molar-refractivity contribution in [2.24, 2.45) is 0 Å². The number of rotatable bonds is 5. The van der Waals surface area contributed by atoms with Crippen LogP contribution in [0.15, 0.2) is 41.2 Å². The number of aromatic nitrogens is 4. The van der Waals surface area contributed by atoms with Gasteiger partial charge in [-0.1, -0.05) is 12.1 Å². The van der Waals surface area contributed by atoms with Crippen LogP contribution in [-0.4, -0.2) is 39.3 Å². The Bertz CT molecular complexity index is 1040. The summed E-state index contributed by atoms with van der Waals surface area (Å²) in [5.74, 6) is 2.28. The first-order valence-electron chi connectivity index (χ1n) is 9.05. The highest BCUT2D eigenvalue weighted by molar-refractivity contribution is 7.09. The van der Waals surface area contributed by atoms with E-state index in [1.54, 1.807) is 23.9 Å². The molecule has 3 heterocycles.